The maximum atomic E-state index is 13.5. The summed E-state index contributed by atoms with van der Waals surface area (Å²) in [6.07, 6.45) is 1.41. The van der Waals surface area contributed by atoms with E-state index in [9.17, 15) is 9.18 Å². The second-order valence-corrected chi connectivity index (χ2v) is 4.22. The topological polar surface area (TPSA) is 73.9 Å². The number of carbonyl (C=O) groups excluding carboxylic acids is 1. The highest BCUT2D eigenvalue weighted by molar-refractivity contribution is 5.91. The number of rotatable bonds is 3. The van der Waals surface area contributed by atoms with E-state index >= 15 is 0 Å². The molecule has 0 aliphatic rings. The summed E-state index contributed by atoms with van der Waals surface area (Å²) < 4.78 is 18.5. The zero-order chi connectivity index (χ0) is 15.9. The van der Waals surface area contributed by atoms with Gasteiger partial charge in [-0.3, -0.25) is 0 Å². The molecular formula is C17H9FN2O2. The number of ether oxygens (including phenoxy) is 1. The van der Waals surface area contributed by atoms with E-state index in [0.717, 1.165) is 0 Å². The van der Waals surface area contributed by atoms with Crippen molar-refractivity contribution in [1.29, 1.82) is 10.5 Å². The van der Waals surface area contributed by atoms with Gasteiger partial charge in [0, 0.05) is 0 Å². The molecule has 0 saturated carbocycles. The predicted octanol–water partition coefficient (Wildman–Crippen LogP) is 3.48. The van der Waals surface area contributed by atoms with Gasteiger partial charge in [0.25, 0.3) is 0 Å². The van der Waals surface area contributed by atoms with Crippen molar-refractivity contribution in [3.63, 3.8) is 0 Å². The van der Waals surface area contributed by atoms with Crippen molar-refractivity contribution in [1.82, 2.24) is 0 Å². The van der Waals surface area contributed by atoms with Gasteiger partial charge in [-0.25, -0.2) is 9.18 Å². The molecule has 0 heterocycles. The predicted molar refractivity (Wildman–Crippen MR) is 77.0 cm³/mol. The van der Waals surface area contributed by atoms with Gasteiger partial charge < -0.3 is 4.74 Å². The van der Waals surface area contributed by atoms with Crippen LogP contribution in [0.4, 0.5) is 4.39 Å². The van der Waals surface area contributed by atoms with Gasteiger partial charge in [-0.05, 0) is 35.9 Å². The minimum atomic E-state index is -0.795. The Balaban J connectivity index is 2.14. The first-order chi connectivity index (χ1) is 10.6. The fourth-order valence-corrected chi connectivity index (χ4v) is 1.68. The maximum absolute atomic E-state index is 13.5. The molecule has 0 amide bonds. The monoisotopic (exact) mass is 292 g/mol. The fraction of sp³-hybridized carbons (Fsp3) is 0. The molecule has 22 heavy (non-hydrogen) atoms. The summed E-state index contributed by atoms with van der Waals surface area (Å²) in [5.41, 5.74) is 0.433. The number of halogens is 1. The smallest absolute Gasteiger partial charge is 0.346 e. The molecule has 106 valence electrons. The molecule has 0 radical (unpaired) electrons. The van der Waals surface area contributed by atoms with Crippen molar-refractivity contribution in [3.05, 3.63) is 71.0 Å². The van der Waals surface area contributed by atoms with Gasteiger partial charge in [-0.2, -0.15) is 10.5 Å². The summed E-state index contributed by atoms with van der Waals surface area (Å²) >= 11 is 0. The molecule has 0 bridgehead atoms. The Morgan fingerprint density at radius 3 is 2.27 bits per heavy atom. The van der Waals surface area contributed by atoms with Crippen LogP contribution in [0.15, 0.2) is 54.1 Å². The molecule has 4 nitrogen and oxygen atoms in total. The number of allylic oxidation sites excluding steroid dienone is 1. The van der Waals surface area contributed by atoms with Gasteiger partial charge in [0.2, 0.25) is 0 Å². The van der Waals surface area contributed by atoms with Crippen LogP contribution in [0.2, 0.25) is 0 Å². The number of carbonyl (C=O) groups is 1. The van der Waals surface area contributed by atoms with Crippen molar-refractivity contribution >= 4 is 12.0 Å². The number of benzene rings is 2. The lowest BCUT2D eigenvalue weighted by Crippen LogP contribution is -2.10. The molecule has 0 aromatic heterocycles. The molecule has 0 fully saturated rings. The van der Waals surface area contributed by atoms with Gasteiger partial charge >= 0.3 is 5.97 Å². The molecule has 0 spiro atoms. The Morgan fingerprint density at radius 2 is 1.68 bits per heavy atom. The lowest BCUT2D eigenvalue weighted by molar-refractivity contribution is 0.0730. The number of hydrogen-bond donors (Lipinski definition) is 0. The molecule has 0 N–H and O–H groups in total. The van der Waals surface area contributed by atoms with Crippen molar-refractivity contribution < 1.29 is 13.9 Å². The average Bonchev–Trinajstić information content (AvgIpc) is 2.54. The summed E-state index contributed by atoms with van der Waals surface area (Å²) in [5, 5.41) is 17.3. The van der Waals surface area contributed by atoms with Crippen molar-refractivity contribution in [2.75, 3.05) is 0 Å². The normalized spacial score (nSPS) is 9.23. The summed E-state index contributed by atoms with van der Waals surface area (Å²) in [7, 11) is 0. The van der Waals surface area contributed by atoms with Crippen LogP contribution < -0.4 is 4.74 Å². The molecule has 2 aromatic carbocycles. The summed E-state index contributed by atoms with van der Waals surface area (Å²) in [6, 6.07) is 15.2. The number of nitrogens with zero attached hydrogens (tertiary/aromatic N) is 2. The summed E-state index contributed by atoms with van der Waals surface area (Å²) in [6.45, 7) is 0. The van der Waals surface area contributed by atoms with Crippen molar-refractivity contribution in [3.8, 4) is 17.9 Å². The molecule has 0 unspecified atom stereocenters. The van der Waals surface area contributed by atoms with E-state index in [1.54, 1.807) is 30.3 Å². The number of hydrogen-bond acceptors (Lipinski definition) is 4. The van der Waals surface area contributed by atoms with Gasteiger partial charge in [0.15, 0.2) is 0 Å². The lowest BCUT2D eigenvalue weighted by Gasteiger charge is -2.05. The molecule has 0 aliphatic carbocycles. The minimum absolute atomic E-state index is 0.0314. The van der Waals surface area contributed by atoms with Gasteiger partial charge in [-0.15, -0.1) is 0 Å². The van der Waals surface area contributed by atoms with Gasteiger partial charge in [0.1, 0.15) is 29.3 Å². The fourth-order valence-electron chi connectivity index (χ4n) is 1.68. The average molecular weight is 292 g/mol. The van der Waals surface area contributed by atoms with Crippen molar-refractivity contribution in [2.45, 2.75) is 0 Å². The number of nitriles is 2. The molecule has 0 atom stereocenters. The maximum Gasteiger partial charge on any atom is 0.346 e. The van der Waals surface area contributed by atoms with Crippen LogP contribution in [0, 0.1) is 28.5 Å². The first-order valence-electron chi connectivity index (χ1n) is 6.22. The van der Waals surface area contributed by atoms with Crippen LogP contribution in [-0.4, -0.2) is 5.97 Å². The Morgan fingerprint density at radius 1 is 1.05 bits per heavy atom. The Bertz CT molecular complexity index is 796. The Labute approximate surface area is 126 Å². The van der Waals surface area contributed by atoms with Crippen molar-refractivity contribution in [2.24, 2.45) is 0 Å². The summed E-state index contributed by atoms with van der Waals surface area (Å²) in [5.74, 6) is -1.21. The Hall–Kier alpha value is -3.44. The van der Waals surface area contributed by atoms with Crippen LogP contribution in [-0.2, 0) is 0 Å². The second-order valence-electron chi connectivity index (χ2n) is 4.22. The zero-order valence-electron chi connectivity index (χ0n) is 11.3. The molecule has 0 saturated heterocycles. The van der Waals surface area contributed by atoms with E-state index in [-0.39, 0.29) is 16.9 Å². The highest BCUT2D eigenvalue weighted by Gasteiger charge is 2.13. The molecule has 2 aromatic rings. The zero-order valence-corrected chi connectivity index (χ0v) is 11.3. The van der Waals surface area contributed by atoms with Gasteiger partial charge in [0.05, 0.1) is 5.56 Å². The van der Waals surface area contributed by atoms with Crippen LogP contribution in [0.25, 0.3) is 6.08 Å². The van der Waals surface area contributed by atoms with E-state index in [1.165, 1.54) is 36.4 Å². The largest absolute Gasteiger partial charge is 0.423 e. The minimum Gasteiger partial charge on any atom is -0.423 e. The van der Waals surface area contributed by atoms with E-state index in [1.807, 2.05) is 0 Å². The molecular weight excluding hydrogens is 283 g/mol. The first kappa shape index (κ1) is 15.0. The lowest BCUT2D eigenvalue weighted by atomic mass is 10.1. The highest BCUT2D eigenvalue weighted by Crippen LogP contribution is 2.17. The first-order valence-corrected chi connectivity index (χ1v) is 6.22. The second kappa shape index (κ2) is 6.83. The van der Waals surface area contributed by atoms with Crippen LogP contribution >= 0.6 is 0 Å². The third-order valence-corrected chi connectivity index (χ3v) is 2.74. The highest BCUT2D eigenvalue weighted by atomic mass is 19.1. The van der Waals surface area contributed by atoms with E-state index in [0.29, 0.717) is 5.56 Å². The SMILES string of the molecule is N#CC(C#N)=Cc1ccc(OC(=O)c2ccccc2F)cc1. The summed E-state index contributed by atoms with van der Waals surface area (Å²) in [4.78, 5) is 11.8. The van der Waals surface area contributed by atoms with Gasteiger partial charge in [-0.1, -0.05) is 24.3 Å². The van der Waals surface area contributed by atoms with E-state index in [4.69, 9.17) is 15.3 Å². The molecule has 2 rings (SSSR count). The standard InChI is InChI=1S/C17H9FN2O2/c18-16-4-2-1-3-15(16)17(21)22-14-7-5-12(6-8-14)9-13(10-19)11-20/h1-9H. The number of esters is 1. The quantitative estimate of drug-likeness (QED) is 0.493. The van der Waals surface area contributed by atoms with Crippen LogP contribution in [0.3, 0.4) is 0 Å². The Kier molecular flexibility index (Phi) is 4.64. The van der Waals surface area contributed by atoms with E-state index in [2.05, 4.69) is 0 Å². The third-order valence-electron chi connectivity index (χ3n) is 2.74. The molecule has 5 heteroatoms. The molecule has 0 aliphatic heterocycles. The van der Waals surface area contributed by atoms with E-state index < -0.39 is 11.8 Å². The third kappa shape index (κ3) is 3.56. The van der Waals surface area contributed by atoms with Crippen LogP contribution in [0.5, 0.6) is 5.75 Å². The van der Waals surface area contributed by atoms with Crippen LogP contribution in [0.1, 0.15) is 15.9 Å².